The van der Waals surface area contributed by atoms with Crippen molar-refractivity contribution in [2.24, 2.45) is 5.10 Å². The Bertz CT molecular complexity index is 1220. The molecule has 3 rings (SSSR count). The highest BCUT2D eigenvalue weighted by Crippen LogP contribution is 2.30. The van der Waals surface area contributed by atoms with E-state index < -0.39 is 19.9 Å². The molecule has 13 heteroatoms. The summed E-state index contributed by atoms with van der Waals surface area (Å²) in [5.74, 6) is 0. The van der Waals surface area contributed by atoms with E-state index in [1.807, 2.05) is 0 Å². The summed E-state index contributed by atoms with van der Waals surface area (Å²) in [4.78, 5) is 23.3. The van der Waals surface area contributed by atoms with Gasteiger partial charge in [0.1, 0.15) is 4.90 Å². The molecule has 188 valence electrons. The number of rotatable bonds is 10. The van der Waals surface area contributed by atoms with Crippen LogP contribution in [0.15, 0.2) is 46.4 Å². The molecule has 1 saturated heterocycles. The van der Waals surface area contributed by atoms with Crippen LogP contribution in [0.1, 0.15) is 38.7 Å². The van der Waals surface area contributed by atoms with Crippen molar-refractivity contribution in [3.05, 3.63) is 62.2 Å². The van der Waals surface area contributed by atoms with Crippen LogP contribution in [0.5, 0.6) is 0 Å². The molecule has 1 N–H and O–H groups in total. The molecule has 12 nitrogen and oxygen atoms in total. The van der Waals surface area contributed by atoms with Crippen LogP contribution < -0.4 is 10.3 Å². The molecule has 0 atom stereocenters. The molecule has 1 aliphatic rings. The van der Waals surface area contributed by atoms with Gasteiger partial charge in [0.15, 0.2) is 0 Å². The van der Waals surface area contributed by atoms with Crippen LogP contribution in [0, 0.1) is 20.2 Å². The summed E-state index contributed by atoms with van der Waals surface area (Å²) < 4.78 is 27.5. The first-order chi connectivity index (χ1) is 16.7. The van der Waals surface area contributed by atoms with E-state index in [0.29, 0.717) is 5.56 Å². The number of non-ortho nitro benzene ring substituents is 2. The third-order valence-corrected chi connectivity index (χ3v) is 7.90. The normalized spacial score (nSPS) is 14.4. The number of nitrogens with zero attached hydrogens (tertiary/aromatic N) is 5. The summed E-state index contributed by atoms with van der Waals surface area (Å²) >= 11 is 0. The maximum atomic E-state index is 13.1. The van der Waals surface area contributed by atoms with Crippen LogP contribution in [0.2, 0.25) is 0 Å². The lowest BCUT2D eigenvalue weighted by molar-refractivity contribution is -0.385. The Balaban J connectivity index is 1.99. The molecule has 1 aliphatic heterocycles. The molecule has 0 saturated carbocycles. The number of hydrogen-bond acceptors (Lipinski definition) is 9. The van der Waals surface area contributed by atoms with Crippen molar-refractivity contribution >= 4 is 39.0 Å². The topological polar surface area (TPSA) is 151 Å². The van der Waals surface area contributed by atoms with Crippen LogP contribution in [-0.2, 0) is 10.0 Å². The fraction of sp³-hybridized carbons (Fsp3) is 0.409. The zero-order valence-electron chi connectivity index (χ0n) is 19.6. The predicted octanol–water partition coefficient (Wildman–Crippen LogP) is 3.97. The summed E-state index contributed by atoms with van der Waals surface area (Å²) in [6, 6.07) is 8.01. The lowest BCUT2D eigenvalue weighted by atomic mass is 10.1. The molecular formula is C22H28N6O6S. The summed E-state index contributed by atoms with van der Waals surface area (Å²) in [5.41, 5.74) is 3.57. The van der Waals surface area contributed by atoms with Crippen LogP contribution in [0.25, 0.3) is 0 Å². The monoisotopic (exact) mass is 504 g/mol. The number of nitro groups is 2. The summed E-state index contributed by atoms with van der Waals surface area (Å²) in [6.07, 6.45) is 4.55. The Morgan fingerprint density at radius 3 is 2.20 bits per heavy atom. The largest absolute Gasteiger partial charge is 0.371 e. The molecule has 2 aromatic rings. The van der Waals surface area contributed by atoms with Crippen molar-refractivity contribution < 1.29 is 18.3 Å². The van der Waals surface area contributed by atoms with Crippen molar-refractivity contribution in [3.63, 3.8) is 0 Å². The first-order valence-electron chi connectivity index (χ1n) is 11.3. The minimum absolute atomic E-state index is 0.0590. The number of hydrogen-bond donors (Lipinski definition) is 1. The van der Waals surface area contributed by atoms with Crippen LogP contribution >= 0.6 is 0 Å². The molecule has 0 aliphatic carbocycles. The minimum atomic E-state index is -4.03. The van der Waals surface area contributed by atoms with Crippen LogP contribution in [0.3, 0.4) is 0 Å². The van der Waals surface area contributed by atoms with E-state index in [-0.39, 0.29) is 35.0 Å². The van der Waals surface area contributed by atoms with Gasteiger partial charge in [-0.1, -0.05) is 13.8 Å². The zero-order chi connectivity index (χ0) is 25.6. The summed E-state index contributed by atoms with van der Waals surface area (Å²) in [5, 5.41) is 26.7. The molecule has 0 radical (unpaired) electrons. The number of nitrogens with one attached hydrogen (secondary N) is 1. The summed E-state index contributed by atoms with van der Waals surface area (Å²) in [7, 11) is -4.03. The van der Waals surface area contributed by atoms with Gasteiger partial charge >= 0.3 is 0 Å². The average molecular weight is 505 g/mol. The zero-order valence-corrected chi connectivity index (χ0v) is 20.4. The lowest BCUT2D eigenvalue weighted by Gasteiger charge is -2.29. The fourth-order valence-electron chi connectivity index (χ4n) is 3.99. The average Bonchev–Trinajstić information content (AvgIpc) is 2.85. The van der Waals surface area contributed by atoms with E-state index >= 15 is 0 Å². The van der Waals surface area contributed by atoms with Gasteiger partial charge in [0, 0.05) is 61.7 Å². The molecule has 0 spiro atoms. The van der Waals surface area contributed by atoms with Crippen LogP contribution in [0.4, 0.5) is 22.7 Å². The maximum Gasteiger partial charge on any atom is 0.270 e. The Labute approximate surface area is 203 Å². The van der Waals surface area contributed by atoms with Crippen molar-refractivity contribution in [1.29, 1.82) is 0 Å². The smallest absolute Gasteiger partial charge is 0.270 e. The van der Waals surface area contributed by atoms with Gasteiger partial charge in [-0.05, 0) is 31.4 Å². The number of anilines is 2. The highest BCUT2D eigenvalue weighted by Gasteiger charge is 2.27. The van der Waals surface area contributed by atoms with Gasteiger partial charge in [-0.2, -0.15) is 9.41 Å². The maximum absolute atomic E-state index is 13.1. The van der Waals surface area contributed by atoms with E-state index in [1.165, 1.54) is 34.8 Å². The summed E-state index contributed by atoms with van der Waals surface area (Å²) in [6.45, 7) is 5.37. The third-order valence-electron chi connectivity index (χ3n) is 5.81. The van der Waals surface area contributed by atoms with E-state index in [0.717, 1.165) is 44.1 Å². The number of sulfonamides is 1. The second-order valence-electron chi connectivity index (χ2n) is 7.94. The van der Waals surface area contributed by atoms with Crippen molar-refractivity contribution in [2.75, 3.05) is 36.5 Å². The number of nitro benzene ring substituents is 2. The Hall–Kier alpha value is -3.58. The Morgan fingerprint density at radius 1 is 1.00 bits per heavy atom. The highest BCUT2D eigenvalue weighted by molar-refractivity contribution is 7.89. The second kappa shape index (κ2) is 11.2. The molecule has 0 unspecified atom stereocenters. The lowest BCUT2D eigenvalue weighted by Crippen LogP contribution is -2.31. The quantitative estimate of drug-likeness (QED) is 0.290. The molecule has 1 heterocycles. The third kappa shape index (κ3) is 5.92. The van der Waals surface area contributed by atoms with Gasteiger partial charge in [0.25, 0.3) is 11.4 Å². The molecule has 2 aromatic carbocycles. The van der Waals surface area contributed by atoms with Gasteiger partial charge in [-0.3, -0.25) is 25.7 Å². The van der Waals surface area contributed by atoms with Crippen molar-refractivity contribution in [3.8, 4) is 0 Å². The molecule has 0 bridgehead atoms. The van der Waals surface area contributed by atoms with Gasteiger partial charge in [0.2, 0.25) is 10.0 Å². The van der Waals surface area contributed by atoms with E-state index in [2.05, 4.69) is 15.4 Å². The molecule has 1 fully saturated rings. The Kier molecular flexibility index (Phi) is 8.35. The van der Waals surface area contributed by atoms with Gasteiger partial charge < -0.3 is 4.90 Å². The molecule has 35 heavy (non-hydrogen) atoms. The van der Waals surface area contributed by atoms with Crippen LogP contribution in [-0.4, -0.2) is 55.0 Å². The number of piperidine rings is 1. The molecular weight excluding hydrogens is 476 g/mol. The number of hydrazone groups is 1. The van der Waals surface area contributed by atoms with Gasteiger partial charge in [-0.25, -0.2) is 8.42 Å². The predicted molar refractivity (Wildman–Crippen MR) is 134 cm³/mol. The Morgan fingerprint density at radius 2 is 1.60 bits per heavy atom. The van der Waals surface area contributed by atoms with E-state index in [4.69, 9.17) is 0 Å². The SMILES string of the molecule is CCN(CC)S(=O)(=O)c1cc([N+](=O)[O-])ccc1NN=Cc1cc([N+](=O)[O-])ccc1N1CCCCC1. The minimum Gasteiger partial charge on any atom is -0.371 e. The first-order valence-corrected chi connectivity index (χ1v) is 12.7. The van der Waals surface area contributed by atoms with E-state index in [9.17, 15) is 28.6 Å². The van der Waals surface area contributed by atoms with Crippen molar-refractivity contribution in [1.82, 2.24) is 4.31 Å². The van der Waals surface area contributed by atoms with E-state index in [1.54, 1.807) is 19.9 Å². The number of benzene rings is 2. The van der Waals surface area contributed by atoms with Gasteiger partial charge in [-0.15, -0.1) is 0 Å². The molecule has 0 amide bonds. The van der Waals surface area contributed by atoms with Crippen molar-refractivity contribution in [2.45, 2.75) is 38.0 Å². The fourth-order valence-corrected chi connectivity index (χ4v) is 5.61. The first kappa shape index (κ1) is 26.0. The van der Waals surface area contributed by atoms with Gasteiger partial charge in [0.05, 0.1) is 21.7 Å². The highest BCUT2D eigenvalue weighted by atomic mass is 32.2. The standard InChI is InChI=1S/C22H28N6O6S/c1-3-26(4-2)35(33,34)22-15-19(28(31)32)8-10-20(22)24-23-16-17-14-18(27(29)30)9-11-21(17)25-12-6-5-7-13-25/h8-11,14-16,24H,3-7,12-13H2,1-2H3. The molecule has 0 aromatic heterocycles. The second-order valence-corrected chi connectivity index (χ2v) is 9.85.